The van der Waals surface area contributed by atoms with Crippen LogP contribution in [0.1, 0.15) is 5.69 Å². The minimum atomic E-state index is -0.443. The molecule has 28 heavy (non-hydrogen) atoms. The molecule has 0 atom stereocenters. The monoisotopic (exact) mass is 378 g/mol. The van der Waals surface area contributed by atoms with Crippen molar-refractivity contribution < 1.29 is 4.39 Å². The highest BCUT2D eigenvalue weighted by Crippen LogP contribution is 2.22. The molecule has 1 fully saturated rings. The number of nitrogens with zero attached hydrogens (tertiary/aromatic N) is 5. The second kappa shape index (κ2) is 6.42. The maximum Gasteiger partial charge on any atom is 0.258 e. The molecule has 0 bridgehead atoms. The largest absolute Gasteiger partial charge is 0.368 e. The molecule has 7 nitrogen and oxygen atoms in total. The Morgan fingerprint density at radius 3 is 2.71 bits per heavy atom. The van der Waals surface area contributed by atoms with Crippen LogP contribution >= 0.6 is 0 Å². The summed E-state index contributed by atoms with van der Waals surface area (Å²) in [5.74, 6) is -0.443. The summed E-state index contributed by atoms with van der Waals surface area (Å²) >= 11 is 0. The highest BCUT2D eigenvalue weighted by molar-refractivity contribution is 5.64. The Kier molecular flexibility index (Phi) is 3.87. The first-order valence-corrected chi connectivity index (χ1v) is 9.23. The van der Waals surface area contributed by atoms with E-state index in [-0.39, 0.29) is 11.2 Å². The fourth-order valence-corrected chi connectivity index (χ4v) is 3.67. The molecular weight excluding hydrogens is 359 g/mol. The van der Waals surface area contributed by atoms with Gasteiger partial charge in [-0.25, -0.2) is 14.4 Å². The summed E-state index contributed by atoms with van der Waals surface area (Å²) in [6, 6.07) is 6.62. The standard InChI is InChI=1S/C20H19FN6O/c1-13-10-26-11-14(8-16(21)20(26)23-13)17-9-19(28)27-12-15(2-3-18(27)24-17)25-6-4-22-5-7-25/h2-3,8-12,22H,4-7H2,1H3. The van der Waals surface area contributed by atoms with Crippen LogP contribution in [0.4, 0.5) is 10.1 Å². The maximum atomic E-state index is 14.4. The summed E-state index contributed by atoms with van der Waals surface area (Å²) in [4.78, 5) is 23.7. The molecule has 142 valence electrons. The lowest BCUT2D eigenvalue weighted by Crippen LogP contribution is -2.43. The molecule has 1 aliphatic heterocycles. The number of hydrogen-bond acceptors (Lipinski definition) is 5. The third-order valence-corrected chi connectivity index (χ3v) is 5.05. The van der Waals surface area contributed by atoms with Gasteiger partial charge in [0.05, 0.1) is 17.1 Å². The van der Waals surface area contributed by atoms with E-state index in [1.165, 1.54) is 16.5 Å². The Bertz CT molecular complexity index is 1260. The topological polar surface area (TPSA) is 66.9 Å². The van der Waals surface area contributed by atoms with Crippen molar-refractivity contribution >= 4 is 17.0 Å². The normalized spacial score (nSPS) is 14.9. The third kappa shape index (κ3) is 2.82. The summed E-state index contributed by atoms with van der Waals surface area (Å²) in [5, 5.41) is 3.32. The van der Waals surface area contributed by atoms with Gasteiger partial charge in [0.15, 0.2) is 11.5 Å². The minimum Gasteiger partial charge on any atom is -0.368 e. The van der Waals surface area contributed by atoms with Crippen LogP contribution in [0.3, 0.4) is 0 Å². The Labute approximate surface area is 160 Å². The van der Waals surface area contributed by atoms with Crippen molar-refractivity contribution in [1.29, 1.82) is 0 Å². The number of fused-ring (bicyclic) bond motifs is 2. The first kappa shape index (κ1) is 16.9. The van der Waals surface area contributed by atoms with Crippen molar-refractivity contribution in [2.45, 2.75) is 6.92 Å². The summed E-state index contributed by atoms with van der Waals surface area (Å²) in [7, 11) is 0. The summed E-state index contributed by atoms with van der Waals surface area (Å²) < 4.78 is 17.6. The Balaban J connectivity index is 1.60. The summed E-state index contributed by atoms with van der Waals surface area (Å²) in [5.41, 5.74) is 3.29. The van der Waals surface area contributed by atoms with E-state index in [2.05, 4.69) is 20.2 Å². The zero-order chi connectivity index (χ0) is 19.3. The number of aromatic nitrogens is 4. The van der Waals surface area contributed by atoms with Crippen LogP contribution in [0.25, 0.3) is 22.6 Å². The smallest absolute Gasteiger partial charge is 0.258 e. The van der Waals surface area contributed by atoms with E-state index >= 15 is 0 Å². The zero-order valence-corrected chi connectivity index (χ0v) is 15.4. The lowest BCUT2D eigenvalue weighted by molar-refractivity contribution is 0.588. The van der Waals surface area contributed by atoms with Gasteiger partial charge < -0.3 is 14.6 Å². The number of piperazine rings is 1. The van der Waals surface area contributed by atoms with Crippen molar-refractivity contribution in [2.24, 2.45) is 0 Å². The Morgan fingerprint density at radius 2 is 1.89 bits per heavy atom. The van der Waals surface area contributed by atoms with Crippen LogP contribution in [0, 0.1) is 12.7 Å². The van der Waals surface area contributed by atoms with E-state index in [1.54, 1.807) is 16.8 Å². The summed E-state index contributed by atoms with van der Waals surface area (Å²) in [6.45, 7) is 5.45. The van der Waals surface area contributed by atoms with Crippen LogP contribution in [-0.2, 0) is 0 Å². The van der Waals surface area contributed by atoms with Gasteiger partial charge in [0.25, 0.3) is 5.56 Å². The lowest BCUT2D eigenvalue weighted by atomic mass is 10.2. The van der Waals surface area contributed by atoms with Gasteiger partial charge in [-0.3, -0.25) is 9.20 Å². The first-order valence-electron chi connectivity index (χ1n) is 9.23. The predicted molar refractivity (Wildman–Crippen MR) is 105 cm³/mol. The van der Waals surface area contributed by atoms with Gasteiger partial charge in [0, 0.05) is 56.4 Å². The van der Waals surface area contributed by atoms with E-state index in [0.717, 1.165) is 37.6 Å². The molecule has 1 aliphatic rings. The van der Waals surface area contributed by atoms with Gasteiger partial charge in [-0.1, -0.05) is 0 Å². The van der Waals surface area contributed by atoms with Crippen LogP contribution in [0.15, 0.2) is 47.7 Å². The molecule has 1 N–H and O–H groups in total. The SMILES string of the molecule is Cc1cn2cc(-c3cc(=O)n4cc(N5CCNCC5)ccc4n3)cc(F)c2n1. The molecule has 0 radical (unpaired) electrons. The van der Waals surface area contributed by atoms with Crippen LogP contribution in [0.2, 0.25) is 0 Å². The van der Waals surface area contributed by atoms with E-state index in [1.807, 2.05) is 25.3 Å². The minimum absolute atomic E-state index is 0.195. The fourth-order valence-electron chi connectivity index (χ4n) is 3.67. The van der Waals surface area contributed by atoms with Crippen molar-refractivity contribution in [1.82, 2.24) is 24.1 Å². The first-order chi connectivity index (χ1) is 13.6. The number of anilines is 1. The lowest BCUT2D eigenvalue weighted by Gasteiger charge is -2.29. The van der Waals surface area contributed by atoms with Gasteiger partial charge in [-0.05, 0) is 25.1 Å². The molecule has 0 amide bonds. The molecule has 0 aromatic carbocycles. The maximum absolute atomic E-state index is 14.4. The molecule has 4 aromatic heterocycles. The van der Waals surface area contributed by atoms with E-state index in [4.69, 9.17) is 0 Å². The number of nitrogens with one attached hydrogen (secondary N) is 1. The molecule has 0 unspecified atom stereocenters. The van der Waals surface area contributed by atoms with Crippen LogP contribution in [0.5, 0.6) is 0 Å². The van der Waals surface area contributed by atoms with Gasteiger partial charge >= 0.3 is 0 Å². The molecule has 8 heteroatoms. The van der Waals surface area contributed by atoms with Crippen LogP contribution in [-0.4, -0.2) is 44.9 Å². The van der Waals surface area contributed by atoms with E-state index < -0.39 is 5.82 Å². The molecule has 5 heterocycles. The van der Waals surface area contributed by atoms with Gasteiger partial charge in [-0.2, -0.15) is 0 Å². The molecule has 0 aliphatic carbocycles. The fraction of sp³-hybridized carbons (Fsp3) is 0.250. The number of aryl methyl sites for hydroxylation is 1. The van der Waals surface area contributed by atoms with E-state index in [9.17, 15) is 9.18 Å². The van der Waals surface area contributed by atoms with Crippen molar-refractivity contribution in [3.8, 4) is 11.3 Å². The molecule has 0 saturated carbocycles. The Hall–Kier alpha value is -3.26. The van der Waals surface area contributed by atoms with Crippen molar-refractivity contribution in [2.75, 3.05) is 31.1 Å². The number of hydrogen-bond donors (Lipinski definition) is 1. The van der Waals surface area contributed by atoms with Gasteiger partial charge in [-0.15, -0.1) is 0 Å². The average Bonchev–Trinajstić information content (AvgIpc) is 3.09. The van der Waals surface area contributed by atoms with Gasteiger partial charge in [0.2, 0.25) is 0 Å². The second-order valence-corrected chi connectivity index (χ2v) is 7.02. The number of pyridine rings is 2. The number of imidazole rings is 1. The molecule has 0 spiro atoms. The Morgan fingerprint density at radius 1 is 1.07 bits per heavy atom. The van der Waals surface area contributed by atoms with Crippen molar-refractivity contribution in [3.05, 3.63) is 64.7 Å². The molecular formula is C20H19FN6O. The average molecular weight is 378 g/mol. The molecule has 1 saturated heterocycles. The number of rotatable bonds is 2. The van der Waals surface area contributed by atoms with Crippen molar-refractivity contribution in [3.63, 3.8) is 0 Å². The quantitative estimate of drug-likeness (QED) is 0.577. The van der Waals surface area contributed by atoms with Crippen LogP contribution < -0.4 is 15.8 Å². The predicted octanol–water partition coefficient (Wildman–Crippen LogP) is 1.87. The molecule has 5 rings (SSSR count). The zero-order valence-electron chi connectivity index (χ0n) is 15.4. The second-order valence-electron chi connectivity index (χ2n) is 7.02. The number of halogens is 1. The van der Waals surface area contributed by atoms with E-state index in [0.29, 0.717) is 16.9 Å². The highest BCUT2D eigenvalue weighted by atomic mass is 19.1. The van der Waals surface area contributed by atoms with Gasteiger partial charge in [0.1, 0.15) is 5.65 Å². The highest BCUT2D eigenvalue weighted by Gasteiger charge is 2.14. The molecule has 4 aromatic rings. The third-order valence-electron chi connectivity index (χ3n) is 5.05. The summed E-state index contributed by atoms with van der Waals surface area (Å²) in [6.07, 6.45) is 5.31.